The third kappa shape index (κ3) is 2.43. The number of nitrogens with zero attached hydrogens (tertiary/aromatic N) is 1. The molecule has 0 unspecified atom stereocenters. The van der Waals surface area contributed by atoms with Crippen molar-refractivity contribution in [2.45, 2.75) is 50.2 Å². The lowest BCUT2D eigenvalue weighted by atomic mass is 9.57. The number of ether oxygens (including phenoxy) is 4. The Hall–Kier alpha value is -2.47. The van der Waals surface area contributed by atoms with Gasteiger partial charge in [-0.05, 0) is 61.8 Å². The van der Waals surface area contributed by atoms with E-state index in [1.165, 1.54) is 36.1 Å². The van der Waals surface area contributed by atoms with Crippen molar-refractivity contribution in [3.63, 3.8) is 0 Å². The van der Waals surface area contributed by atoms with Crippen LogP contribution in [0.4, 0.5) is 4.79 Å². The molecule has 0 radical (unpaired) electrons. The fourth-order valence-electron chi connectivity index (χ4n) is 6.01. The van der Waals surface area contributed by atoms with E-state index in [1.54, 1.807) is 14.0 Å². The number of hydrogen-bond donors (Lipinski definition) is 0. The minimum Gasteiger partial charge on any atom is -0.497 e. The summed E-state index contributed by atoms with van der Waals surface area (Å²) in [6, 6.07) is 4.36. The van der Waals surface area contributed by atoms with E-state index >= 15 is 0 Å². The fraction of sp³-hybridized carbons (Fsp3) is 0.542. The van der Waals surface area contributed by atoms with Crippen LogP contribution < -0.4 is 9.47 Å². The molecule has 0 aromatic heterocycles. The Balaban J connectivity index is 1.47. The number of allylic oxidation sites excluding steroid dienone is 2. The highest BCUT2D eigenvalue weighted by Crippen LogP contribution is 2.62. The van der Waals surface area contributed by atoms with Crippen LogP contribution in [0.1, 0.15) is 37.3 Å². The molecule has 2 aliphatic heterocycles. The highest BCUT2D eigenvalue weighted by molar-refractivity contribution is 5.71. The summed E-state index contributed by atoms with van der Waals surface area (Å²) in [5, 5.41) is 0. The molecule has 1 aromatic rings. The zero-order valence-corrected chi connectivity index (χ0v) is 17.5. The van der Waals surface area contributed by atoms with Crippen LogP contribution in [0.5, 0.6) is 11.5 Å². The molecule has 2 bridgehead atoms. The third-order valence-electron chi connectivity index (χ3n) is 7.43. The molecule has 1 saturated carbocycles. The summed E-state index contributed by atoms with van der Waals surface area (Å²) in [5.41, 5.74) is 3.68. The normalized spacial score (nSPS) is 30.6. The van der Waals surface area contributed by atoms with Crippen LogP contribution in [0, 0.1) is 5.92 Å². The number of methoxy groups -OCH3 is 1. The minimum absolute atomic E-state index is 0.214. The van der Waals surface area contributed by atoms with E-state index < -0.39 is 6.16 Å². The van der Waals surface area contributed by atoms with E-state index in [4.69, 9.17) is 18.9 Å². The molecule has 1 spiro atoms. The summed E-state index contributed by atoms with van der Waals surface area (Å²) >= 11 is 0. The molecule has 3 atom stereocenters. The third-order valence-corrected chi connectivity index (χ3v) is 7.43. The van der Waals surface area contributed by atoms with Crippen LogP contribution >= 0.6 is 0 Å². The van der Waals surface area contributed by atoms with Gasteiger partial charge >= 0.3 is 6.16 Å². The van der Waals surface area contributed by atoms with E-state index in [0.717, 1.165) is 31.1 Å². The summed E-state index contributed by atoms with van der Waals surface area (Å²) in [4.78, 5) is 14.7. The van der Waals surface area contributed by atoms with Crippen LogP contribution in [0.25, 0.3) is 0 Å². The van der Waals surface area contributed by atoms with Crippen LogP contribution in [-0.4, -0.2) is 50.0 Å². The maximum atomic E-state index is 12.0. The topological polar surface area (TPSA) is 57.2 Å². The fourth-order valence-corrected chi connectivity index (χ4v) is 6.01. The van der Waals surface area contributed by atoms with Gasteiger partial charge in [0.2, 0.25) is 0 Å². The number of carbonyl (C=O) groups is 1. The average molecular weight is 409 g/mol. The number of hydrogen-bond acceptors (Lipinski definition) is 6. The van der Waals surface area contributed by atoms with Crippen molar-refractivity contribution >= 4 is 6.16 Å². The number of benzene rings is 1. The van der Waals surface area contributed by atoms with Crippen LogP contribution in [0.2, 0.25) is 0 Å². The molecule has 6 nitrogen and oxygen atoms in total. The van der Waals surface area contributed by atoms with Gasteiger partial charge in [-0.15, -0.1) is 0 Å². The molecule has 6 heteroatoms. The lowest BCUT2D eigenvalue weighted by Crippen LogP contribution is -2.59. The van der Waals surface area contributed by atoms with Crippen molar-refractivity contribution in [1.29, 1.82) is 0 Å². The lowest BCUT2D eigenvalue weighted by molar-refractivity contribution is 0.0617. The molecule has 2 heterocycles. The van der Waals surface area contributed by atoms with Gasteiger partial charge in [0.1, 0.15) is 5.76 Å². The maximum Gasteiger partial charge on any atom is 0.513 e. The second kappa shape index (κ2) is 6.51. The van der Waals surface area contributed by atoms with Gasteiger partial charge in [-0.1, -0.05) is 12.1 Å². The van der Waals surface area contributed by atoms with Crippen LogP contribution in [0.15, 0.2) is 35.6 Å². The van der Waals surface area contributed by atoms with Gasteiger partial charge in [-0.25, -0.2) is 4.79 Å². The van der Waals surface area contributed by atoms with Gasteiger partial charge in [-0.2, -0.15) is 0 Å². The van der Waals surface area contributed by atoms with Crippen molar-refractivity contribution in [2.24, 2.45) is 5.92 Å². The molecule has 6 rings (SSSR count). The second-order valence-electron chi connectivity index (χ2n) is 8.98. The highest BCUT2D eigenvalue weighted by Gasteiger charge is 2.62. The van der Waals surface area contributed by atoms with Gasteiger partial charge in [0, 0.05) is 24.7 Å². The van der Waals surface area contributed by atoms with Gasteiger partial charge in [0.25, 0.3) is 0 Å². The molecule has 30 heavy (non-hydrogen) atoms. The Bertz CT molecular complexity index is 978. The van der Waals surface area contributed by atoms with Crippen molar-refractivity contribution in [3.8, 4) is 11.5 Å². The summed E-state index contributed by atoms with van der Waals surface area (Å²) in [6.07, 6.45) is 8.09. The predicted molar refractivity (Wildman–Crippen MR) is 110 cm³/mol. The zero-order chi connectivity index (χ0) is 20.5. The lowest BCUT2D eigenvalue weighted by Gasteiger charge is -2.53. The first-order valence-corrected chi connectivity index (χ1v) is 11.0. The summed E-state index contributed by atoms with van der Waals surface area (Å²) < 4.78 is 22.8. The maximum absolute atomic E-state index is 12.0. The molecule has 1 aromatic carbocycles. The van der Waals surface area contributed by atoms with Crippen molar-refractivity contribution in [3.05, 3.63) is 46.7 Å². The van der Waals surface area contributed by atoms with Gasteiger partial charge in [-0.3, -0.25) is 4.90 Å². The van der Waals surface area contributed by atoms with Crippen LogP contribution in [0.3, 0.4) is 0 Å². The quantitative estimate of drug-likeness (QED) is 0.546. The number of piperidine rings is 1. The Morgan fingerprint density at radius 3 is 2.93 bits per heavy atom. The second-order valence-corrected chi connectivity index (χ2v) is 8.98. The predicted octanol–water partition coefficient (Wildman–Crippen LogP) is 3.73. The molecular formula is C24H27NO5. The first kappa shape index (κ1) is 18.3. The molecular weight excluding hydrogens is 382 g/mol. The zero-order valence-electron chi connectivity index (χ0n) is 17.5. The largest absolute Gasteiger partial charge is 0.513 e. The van der Waals surface area contributed by atoms with Crippen LogP contribution in [-0.2, 0) is 21.3 Å². The smallest absolute Gasteiger partial charge is 0.497 e. The van der Waals surface area contributed by atoms with Gasteiger partial charge < -0.3 is 18.9 Å². The molecule has 2 fully saturated rings. The van der Waals surface area contributed by atoms with Gasteiger partial charge in [0.05, 0.1) is 19.1 Å². The molecule has 0 amide bonds. The standard InChI is InChI=1S/C24H27NO5/c1-3-28-23(26)29-18-8-6-15-12-17-16-7-9-19(27-2)22-24(16,20(15)21(18)30-22)10-11-25(17)13-14-4-5-14/h6-9,14,17,22H,3-5,10-13H2,1-2H3/t17-,22+,24+/m1/s1. The number of carbonyl (C=O) groups excluding carboxylic acids is 1. The molecule has 5 aliphatic rings. The number of likely N-dealkylation sites (tertiary alicyclic amines) is 1. The first-order valence-electron chi connectivity index (χ1n) is 11.0. The molecule has 1 saturated heterocycles. The Morgan fingerprint density at radius 1 is 1.30 bits per heavy atom. The number of rotatable bonds is 5. The summed E-state index contributed by atoms with van der Waals surface area (Å²) in [5.74, 6) is 2.81. The van der Waals surface area contributed by atoms with E-state index in [0.29, 0.717) is 17.5 Å². The van der Waals surface area contributed by atoms with Crippen molar-refractivity contribution in [2.75, 3.05) is 26.8 Å². The monoisotopic (exact) mass is 409 g/mol. The van der Waals surface area contributed by atoms with E-state index in [-0.39, 0.29) is 18.1 Å². The molecule has 158 valence electrons. The summed E-state index contributed by atoms with van der Waals surface area (Å²) in [7, 11) is 1.70. The van der Waals surface area contributed by atoms with Crippen molar-refractivity contribution in [1.82, 2.24) is 4.90 Å². The Kier molecular flexibility index (Phi) is 3.97. The highest BCUT2D eigenvalue weighted by atomic mass is 16.7. The molecule has 3 aliphatic carbocycles. The first-order chi connectivity index (χ1) is 14.7. The SMILES string of the molecule is CCOC(=O)Oc1ccc2c3c1O[C@H]1C(OC)=CC=C4[C@@H](C2)N(CC2CC2)CC[C@]431. The molecule has 0 N–H and O–H groups in total. The van der Waals surface area contributed by atoms with E-state index in [2.05, 4.69) is 23.1 Å². The average Bonchev–Trinajstić information content (AvgIpc) is 3.49. The Labute approximate surface area is 176 Å². The minimum atomic E-state index is -0.698. The van der Waals surface area contributed by atoms with Crippen molar-refractivity contribution < 1.29 is 23.7 Å². The van der Waals surface area contributed by atoms with Gasteiger partial charge in [0.15, 0.2) is 17.6 Å². The van der Waals surface area contributed by atoms with E-state index in [9.17, 15) is 4.79 Å². The van der Waals surface area contributed by atoms with E-state index in [1.807, 2.05) is 6.07 Å². The summed E-state index contributed by atoms with van der Waals surface area (Å²) in [6.45, 7) is 4.28. The Morgan fingerprint density at radius 2 is 2.17 bits per heavy atom.